The minimum Gasteiger partial charge on any atom is -0.496 e. The van der Waals surface area contributed by atoms with Gasteiger partial charge in [0.2, 0.25) is 5.91 Å². The van der Waals surface area contributed by atoms with Gasteiger partial charge in [-0.05, 0) is 41.7 Å². The molecule has 0 radical (unpaired) electrons. The van der Waals surface area contributed by atoms with E-state index in [9.17, 15) is 9.59 Å². The zero-order chi connectivity index (χ0) is 19.2. The third-order valence-corrected chi connectivity index (χ3v) is 4.71. The average molecular weight is 369 g/mol. The van der Waals surface area contributed by atoms with Crippen LogP contribution in [0.2, 0.25) is 0 Å². The lowest BCUT2D eigenvalue weighted by Gasteiger charge is -2.25. The Labute approximate surface area is 158 Å². The number of benzene rings is 2. The molecule has 1 aliphatic heterocycles. The molecule has 0 spiro atoms. The third kappa shape index (κ3) is 4.65. The highest BCUT2D eigenvalue weighted by molar-refractivity contribution is 5.88. The molecule has 1 heterocycles. The summed E-state index contributed by atoms with van der Waals surface area (Å²) in [5.74, 6) is -0.563. The molecular formula is C21H23NO5. The highest BCUT2D eigenvalue weighted by atomic mass is 16.5. The number of carbonyl (C=O) groups excluding carboxylic acids is 1. The Morgan fingerprint density at radius 1 is 1.26 bits per heavy atom. The smallest absolute Gasteiger partial charge is 0.335 e. The molecule has 0 bridgehead atoms. The molecule has 0 aromatic heterocycles. The number of fused-ring (bicyclic) bond motifs is 1. The molecule has 6 heteroatoms. The number of hydrogen-bond donors (Lipinski definition) is 2. The summed E-state index contributed by atoms with van der Waals surface area (Å²) in [5.41, 5.74) is 3.35. The van der Waals surface area contributed by atoms with Gasteiger partial charge in [-0.1, -0.05) is 30.3 Å². The molecule has 0 fully saturated rings. The van der Waals surface area contributed by atoms with Gasteiger partial charge in [0, 0.05) is 6.54 Å². The first kappa shape index (κ1) is 18.9. The molecule has 2 aromatic rings. The van der Waals surface area contributed by atoms with Crippen molar-refractivity contribution < 1.29 is 24.2 Å². The standard InChI is InChI=1S/C21H23NO5/c1-26-18-12-16(21(24)25)7-6-15(18)8-10-22-20(23)13-19-17-5-3-2-4-14(17)9-11-27-19/h2-7,12,19H,8-11,13H2,1H3,(H,22,23)(H,24,25). The van der Waals surface area contributed by atoms with Crippen molar-refractivity contribution in [2.75, 3.05) is 20.3 Å². The lowest BCUT2D eigenvalue weighted by molar-refractivity contribution is -0.124. The summed E-state index contributed by atoms with van der Waals surface area (Å²) in [6.45, 7) is 1.07. The minimum absolute atomic E-state index is 0.0715. The van der Waals surface area contributed by atoms with E-state index in [2.05, 4.69) is 11.4 Å². The molecule has 142 valence electrons. The van der Waals surface area contributed by atoms with Crippen molar-refractivity contribution in [3.8, 4) is 5.75 Å². The Hall–Kier alpha value is -2.86. The Balaban J connectivity index is 1.54. The van der Waals surface area contributed by atoms with Crippen LogP contribution in [0.15, 0.2) is 42.5 Å². The summed E-state index contributed by atoms with van der Waals surface area (Å²) >= 11 is 0. The second-order valence-electron chi connectivity index (χ2n) is 6.44. The van der Waals surface area contributed by atoms with E-state index in [0.717, 1.165) is 17.5 Å². The van der Waals surface area contributed by atoms with E-state index in [-0.39, 0.29) is 24.0 Å². The molecule has 6 nitrogen and oxygen atoms in total. The van der Waals surface area contributed by atoms with E-state index >= 15 is 0 Å². The van der Waals surface area contributed by atoms with Crippen molar-refractivity contribution >= 4 is 11.9 Å². The van der Waals surface area contributed by atoms with Gasteiger partial charge in [0.25, 0.3) is 0 Å². The molecule has 0 saturated heterocycles. The maximum atomic E-state index is 12.3. The SMILES string of the molecule is COc1cc(C(=O)O)ccc1CCNC(=O)CC1OCCc2ccccc21. The fourth-order valence-electron chi connectivity index (χ4n) is 3.31. The third-order valence-electron chi connectivity index (χ3n) is 4.71. The molecule has 0 aliphatic carbocycles. The Morgan fingerprint density at radius 2 is 2.07 bits per heavy atom. The molecule has 1 unspecified atom stereocenters. The van der Waals surface area contributed by atoms with E-state index in [4.69, 9.17) is 14.6 Å². The zero-order valence-corrected chi connectivity index (χ0v) is 15.2. The lowest BCUT2D eigenvalue weighted by atomic mass is 9.95. The monoisotopic (exact) mass is 369 g/mol. The summed E-state index contributed by atoms with van der Waals surface area (Å²) < 4.78 is 11.0. The van der Waals surface area contributed by atoms with Crippen LogP contribution in [0.5, 0.6) is 5.75 Å². The van der Waals surface area contributed by atoms with Crippen LogP contribution in [0.25, 0.3) is 0 Å². The highest BCUT2D eigenvalue weighted by Gasteiger charge is 2.22. The van der Waals surface area contributed by atoms with Gasteiger partial charge in [-0.25, -0.2) is 4.79 Å². The first-order chi connectivity index (χ1) is 13.1. The van der Waals surface area contributed by atoms with Crippen LogP contribution < -0.4 is 10.1 Å². The van der Waals surface area contributed by atoms with E-state index < -0.39 is 5.97 Å². The molecule has 2 aromatic carbocycles. The van der Waals surface area contributed by atoms with Gasteiger partial charge in [0.15, 0.2) is 0 Å². The fourth-order valence-corrected chi connectivity index (χ4v) is 3.31. The number of carboxylic acid groups (broad SMARTS) is 1. The number of rotatable bonds is 7. The maximum Gasteiger partial charge on any atom is 0.335 e. The highest BCUT2D eigenvalue weighted by Crippen LogP contribution is 2.29. The van der Waals surface area contributed by atoms with Gasteiger partial charge in [-0.15, -0.1) is 0 Å². The van der Waals surface area contributed by atoms with Crippen molar-refractivity contribution in [1.29, 1.82) is 0 Å². The van der Waals surface area contributed by atoms with Crippen LogP contribution in [-0.2, 0) is 22.4 Å². The largest absolute Gasteiger partial charge is 0.496 e. The van der Waals surface area contributed by atoms with Gasteiger partial charge < -0.3 is 19.9 Å². The molecule has 1 aliphatic rings. The number of aromatic carboxylic acids is 1. The Morgan fingerprint density at radius 3 is 2.85 bits per heavy atom. The van der Waals surface area contributed by atoms with E-state index in [1.165, 1.54) is 24.8 Å². The van der Waals surface area contributed by atoms with Crippen LogP contribution in [0.4, 0.5) is 0 Å². The Bertz CT molecular complexity index is 833. The van der Waals surface area contributed by atoms with E-state index in [1.807, 2.05) is 18.2 Å². The van der Waals surface area contributed by atoms with Gasteiger partial charge in [0.05, 0.1) is 31.8 Å². The van der Waals surface area contributed by atoms with Gasteiger partial charge in [-0.3, -0.25) is 4.79 Å². The van der Waals surface area contributed by atoms with E-state index in [0.29, 0.717) is 25.3 Å². The maximum absolute atomic E-state index is 12.3. The van der Waals surface area contributed by atoms with Crippen molar-refractivity contribution in [1.82, 2.24) is 5.32 Å². The van der Waals surface area contributed by atoms with Gasteiger partial charge >= 0.3 is 5.97 Å². The fraction of sp³-hybridized carbons (Fsp3) is 0.333. The van der Waals surface area contributed by atoms with Crippen LogP contribution in [0.3, 0.4) is 0 Å². The molecule has 0 saturated carbocycles. The average Bonchev–Trinajstić information content (AvgIpc) is 2.68. The number of amides is 1. The van der Waals surface area contributed by atoms with E-state index in [1.54, 1.807) is 6.07 Å². The van der Waals surface area contributed by atoms with Crippen molar-refractivity contribution in [2.45, 2.75) is 25.4 Å². The summed E-state index contributed by atoms with van der Waals surface area (Å²) in [5, 5.41) is 12.0. The number of hydrogen-bond acceptors (Lipinski definition) is 4. The number of carboxylic acids is 1. The summed E-state index contributed by atoms with van der Waals surface area (Å²) in [7, 11) is 1.50. The summed E-state index contributed by atoms with van der Waals surface area (Å²) in [6.07, 6.45) is 1.50. The van der Waals surface area contributed by atoms with Gasteiger partial charge in [0.1, 0.15) is 5.75 Å². The van der Waals surface area contributed by atoms with Crippen LogP contribution in [0, 0.1) is 0 Å². The number of nitrogens with one attached hydrogen (secondary N) is 1. The first-order valence-electron chi connectivity index (χ1n) is 8.95. The molecule has 1 atom stereocenters. The summed E-state index contributed by atoms with van der Waals surface area (Å²) in [6, 6.07) is 12.8. The number of methoxy groups -OCH3 is 1. The second kappa shape index (κ2) is 8.68. The second-order valence-corrected chi connectivity index (χ2v) is 6.44. The molecular weight excluding hydrogens is 346 g/mol. The first-order valence-corrected chi connectivity index (χ1v) is 8.95. The van der Waals surface area contributed by atoms with Crippen molar-refractivity contribution in [3.05, 3.63) is 64.7 Å². The van der Waals surface area contributed by atoms with Crippen molar-refractivity contribution in [3.63, 3.8) is 0 Å². The molecule has 2 N–H and O–H groups in total. The van der Waals surface area contributed by atoms with Crippen LogP contribution >= 0.6 is 0 Å². The predicted octanol–water partition coefficient (Wildman–Crippen LogP) is 2.76. The molecule has 3 rings (SSSR count). The molecule has 1 amide bonds. The van der Waals surface area contributed by atoms with Gasteiger partial charge in [-0.2, -0.15) is 0 Å². The van der Waals surface area contributed by atoms with Crippen LogP contribution in [-0.4, -0.2) is 37.2 Å². The predicted molar refractivity (Wildman–Crippen MR) is 100 cm³/mol. The van der Waals surface area contributed by atoms with Crippen LogP contribution in [0.1, 0.15) is 39.6 Å². The number of carbonyl (C=O) groups is 2. The minimum atomic E-state index is -0.999. The summed E-state index contributed by atoms with van der Waals surface area (Å²) in [4.78, 5) is 23.3. The zero-order valence-electron chi connectivity index (χ0n) is 15.2. The van der Waals surface area contributed by atoms with Crippen molar-refractivity contribution in [2.24, 2.45) is 0 Å². The lowest BCUT2D eigenvalue weighted by Crippen LogP contribution is -2.29. The Kier molecular flexibility index (Phi) is 6.08. The normalized spacial score (nSPS) is 15.7. The number of ether oxygens (including phenoxy) is 2. The molecule has 27 heavy (non-hydrogen) atoms. The topological polar surface area (TPSA) is 84.9 Å². The quantitative estimate of drug-likeness (QED) is 0.784.